The Bertz CT molecular complexity index is 900. The van der Waals surface area contributed by atoms with Crippen LogP contribution in [0.5, 0.6) is 0 Å². The highest BCUT2D eigenvalue weighted by Crippen LogP contribution is 2.38. The monoisotopic (exact) mass is 351 g/mol. The molecule has 3 heterocycles. The van der Waals surface area contributed by atoms with Gasteiger partial charge in [-0.1, -0.05) is 35.5 Å². The van der Waals surface area contributed by atoms with Gasteiger partial charge in [-0.25, -0.2) is 0 Å². The van der Waals surface area contributed by atoms with Crippen molar-refractivity contribution in [1.29, 1.82) is 0 Å². The van der Waals surface area contributed by atoms with Gasteiger partial charge in [0, 0.05) is 19.0 Å². The van der Waals surface area contributed by atoms with Crippen molar-refractivity contribution in [2.24, 2.45) is 0 Å². The molecule has 7 nitrogen and oxygen atoms in total. The van der Waals surface area contributed by atoms with Crippen molar-refractivity contribution in [2.45, 2.75) is 44.5 Å². The average Bonchev–Trinajstić information content (AvgIpc) is 3.27. The Hall–Kier alpha value is -2.51. The molecule has 1 N–H and O–H groups in total. The molecule has 1 aromatic carbocycles. The Morgan fingerprint density at radius 3 is 2.85 bits per heavy atom. The van der Waals surface area contributed by atoms with Gasteiger partial charge in [0.05, 0.1) is 24.5 Å². The van der Waals surface area contributed by atoms with Crippen LogP contribution in [-0.4, -0.2) is 36.5 Å². The molecular weight excluding hydrogens is 330 g/mol. The molecule has 0 unspecified atom stereocenters. The minimum Gasteiger partial charge on any atom is -0.382 e. The van der Waals surface area contributed by atoms with E-state index >= 15 is 0 Å². The van der Waals surface area contributed by atoms with Crippen molar-refractivity contribution < 1.29 is 9.63 Å². The number of aliphatic hydroxyl groups is 1. The molecule has 0 bridgehead atoms. The Morgan fingerprint density at radius 1 is 1.19 bits per heavy atom. The second-order valence-electron chi connectivity index (χ2n) is 7.13. The summed E-state index contributed by atoms with van der Waals surface area (Å²) in [7, 11) is 0. The first-order valence-corrected chi connectivity index (χ1v) is 9.11. The van der Waals surface area contributed by atoms with Gasteiger partial charge in [0.25, 0.3) is 0 Å². The van der Waals surface area contributed by atoms with Crippen LogP contribution in [-0.2, 0) is 19.6 Å². The van der Waals surface area contributed by atoms with Crippen LogP contribution < -0.4 is 0 Å². The molecule has 1 fully saturated rings. The fourth-order valence-electron chi connectivity index (χ4n) is 3.45. The molecule has 1 atom stereocenters. The molecule has 1 aliphatic carbocycles. The predicted octanol–water partition coefficient (Wildman–Crippen LogP) is 2.24. The normalized spacial score (nSPS) is 18.7. The molecule has 2 aromatic heterocycles. The van der Waals surface area contributed by atoms with E-state index in [-0.39, 0.29) is 0 Å². The molecule has 134 valence electrons. The van der Waals surface area contributed by atoms with Gasteiger partial charge in [0.2, 0.25) is 5.89 Å². The Morgan fingerprint density at radius 2 is 2.04 bits per heavy atom. The van der Waals surface area contributed by atoms with Crippen molar-refractivity contribution in [3.8, 4) is 0 Å². The molecule has 0 spiro atoms. The number of hydrogen-bond acceptors (Lipinski definition) is 6. The average molecular weight is 351 g/mol. The Kier molecular flexibility index (Phi) is 3.83. The van der Waals surface area contributed by atoms with Gasteiger partial charge in [-0.05, 0) is 24.5 Å². The van der Waals surface area contributed by atoms with Gasteiger partial charge in [0.1, 0.15) is 6.10 Å². The highest BCUT2D eigenvalue weighted by Gasteiger charge is 2.29. The van der Waals surface area contributed by atoms with Gasteiger partial charge in [-0.3, -0.25) is 9.58 Å². The van der Waals surface area contributed by atoms with Gasteiger partial charge >= 0.3 is 0 Å². The molecular formula is C19H21N5O2. The fourth-order valence-corrected chi connectivity index (χ4v) is 3.45. The molecule has 7 heteroatoms. The van der Waals surface area contributed by atoms with Crippen molar-refractivity contribution in [2.75, 3.05) is 6.54 Å². The maximum absolute atomic E-state index is 10.6. The highest BCUT2D eigenvalue weighted by atomic mass is 16.5. The number of nitrogens with zero attached hydrogens (tertiary/aromatic N) is 5. The van der Waals surface area contributed by atoms with E-state index in [2.05, 4.69) is 20.1 Å². The lowest BCUT2D eigenvalue weighted by molar-refractivity contribution is 0.179. The quantitative estimate of drug-likeness (QED) is 0.759. The number of hydrogen-bond donors (Lipinski definition) is 1. The summed E-state index contributed by atoms with van der Waals surface area (Å²) in [6.45, 7) is 3.08. The third-order valence-corrected chi connectivity index (χ3v) is 5.08. The highest BCUT2D eigenvalue weighted by molar-refractivity contribution is 5.26. The number of rotatable bonds is 5. The maximum atomic E-state index is 10.6. The first kappa shape index (κ1) is 15.7. The summed E-state index contributed by atoms with van der Waals surface area (Å²) < 4.78 is 7.38. The van der Waals surface area contributed by atoms with E-state index < -0.39 is 6.10 Å². The van der Waals surface area contributed by atoms with Crippen molar-refractivity contribution in [1.82, 2.24) is 24.8 Å². The van der Waals surface area contributed by atoms with Crippen LogP contribution in [0.25, 0.3) is 0 Å². The first-order chi connectivity index (χ1) is 12.8. The molecule has 3 aromatic rings. The summed E-state index contributed by atoms with van der Waals surface area (Å²) >= 11 is 0. The summed E-state index contributed by atoms with van der Waals surface area (Å²) in [6.07, 6.45) is 1.66. The van der Waals surface area contributed by atoms with E-state index in [0.29, 0.717) is 24.0 Å². The predicted molar refractivity (Wildman–Crippen MR) is 93.1 cm³/mol. The van der Waals surface area contributed by atoms with Gasteiger partial charge in [-0.2, -0.15) is 10.1 Å². The lowest BCUT2D eigenvalue weighted by Crippen LogP contribution is -2.33. The second kappa shape index (κ2) is 6.34. The Balaban J connectivity index is 1.29. The summed E-state index contributed by atoms with van der Waals surface area (Å²) in [5.74, 6) is 2.05. The van der Waals surface area contributed by atoms with Crippen LogP contribution in [0.3, 0.4) is 0 Å². The minimum absolute atomic E-state index is 0.511. The number of aliphatic hydroxyl groups excluding tert-OH is 1. The van der Waals surface area contributed by atoms with Gasteiger partial charge in [-0.15, -0.1) is 0 Å². The van der Waals surface area contributed by atoms with Crippen LogP contribution in [0.4, 0.5) is 0 Å². The molecule has 0 saturated heterocycles. The molecule has 1 aliphatic heterocycles. The van der Waals surface area contributed by atoms with E-state index in [1.54, 1.807) is 0 Å². The van der Waals surface area contributed by atoms with Crippen molar-refractivity contribution in [3.05, 3.63) is 65.1 Å². The molecule has 0 radical (unpaired) electrons. The first-order valence-electron chi connectivity index (χ1n) is 9.11. The number of fused-ring (bicyclic) bond motifs is 1. The van der Waals surface area contributed by atoms with E-state index in [4.69, 9.17) is 4.52 Å². The smallest absolute Gasteiger partial charge is 0.240 e. The van der Waals surface area contributed by atoms with E-state index in [1.807, 2.05) is 41.1 Å². The lowest BCUT2D eigenvalue weighted by atomic mass is 10.1. The van der Waals surface area contributed by atoms with Crippen LogP contribution in [0.1, 0.15) is 53.5 Å². The zero-order valence-electron chi connectivity index (χ0n) is 14.5. The third kappa shape index (κ3) is 3.04. The summed E-state index contributed by atoms with van der Waals surface area (Å²) in [5, 5.41) is 19.3. The van der Waals surface area contributed by atoms with Crippen molar-refractivity contribution >= 4 is 0 Å². The SMILES string of the molecule is O[C@@H](c1ccccc1)c1cc2n(n1)CCN(Cc1nc(C3CC3)no1)C2. The lowest BCUT2D eigenvalue weighted by Gasteiger charge is -2.25. The zero-order chi connectivity index (χ0) is 17.5. The summed E-state index contributed by atoms with van der Waals surface area (Å²) in [4.78, 5) is 6.79. The van der Waals surface area contributed by atoms with E-state index in [0.717, 1.165) is 36.7 Å². The molecule has 0 amide bonds. The summed E-state index contributed by atoms with van der Waals surface area (Å²) in [5.41, 5.74) is 2.66. The van der Waals surface area contributed by atoms with E-state index in [1.165, 1.54) is 12.8 Å². The van der Waals surface area contributed by atoms with Crippen LogP contribution >= 0.6 is 0 Å². The second-order valence-corrected chi connectivity index (χ2v) is 7.13. The van der Waals surface area contributed by atoms with Crippen LogP contribution in [0, 0.1) is 0 Å². The Labute approximate surface area is 151 Å². The number of aromatic nitrogens is 4. The summed E-state index contributed by atoms with van der Waals surface area (Å²) in [6, 6.07) is 11.6. The van der Waals surface area contributed by atoms with Crippen LogP contribution in [0.2, 0.25) is 0 Å². The molecule has 26 heavy (non-hydrogen) atoms. The van der Waals surface area contributed by atoms with Crippen molar-refractivity contribution in [3.63, 3.8) is 0 Å². The zero-order valence-corrected chi connectivity index (χ0v) is 14.5. The molecule has 1 saturated carbocycles. The number of benzene rings is 1. The molecule has 2 aliphatic rings. The minimum atomic E-state index is -0.695. The van der Waals surface area contributed by atoms with Gasteiger partial charge in [0.15, 0.2) is 5.82 Å². The molecule has 5 rings (SSSR count). The van der Waals surface area contributed by atoms with Crippen LogP contribution in [0.15, 0.2) is 40.9 Å². The third-order valence-electron chi connectivity index (χ3n) is 5.08. The topological polar surface area (TPSA) is 80.2 Å². The van der Waals surface area contributed by atoms with Gasteiger partial charge < -0.3 is 9.63 Å². The maximum Gasteiger partial charge on any atom is 0.240 e. The standard InChI is InChI=1S/C19H21N5O2/c25-18(13-4-2-1-3-5-13)16-10-15-11-23(8-9-24(15)21-16)12-17-20-19(22-26-17)14-6-7-14/h1-5,10,14,18,25H,6-9,11-12H2/t18-/m0/s1. The van der Waals surface area contributed by atoms with E-state index in [9.17, 15) is 5.11 Å². The fraction of sp³-hybridized carbons (Fsp3) is 0.421. The largest absolute Gasteiger partial charge is 0.382 e.